The average molecular weight is 280 g/mol. The van der Waals surface area contributed by atoms with Crippen LogP contribution in [-0.4, -0.2) is 51.2 Å². The number of nitrogens with one attached hydrogen (secondary N) is 1. The quantitative estimate of drug-likeness (QED) is 0.834. The van der Waals surface area contributed by atoms with Crippen LogP contribution in [0.4, 0.5) is 5.69 Å². The van der Waals surface area contributed by atoms with Crippen molar-refractivity contribution in [3.63, 3.8) is 0 Å². The van der Waals surface area contributed by atoms with E-state index in [1.165, 1.54) is 11.3 Å². The molecule has 0 bridgehead atoms. The first kappa shape index (κ1) is 14.4. The summed E-state index contributed by atoms with van der Waals surface area (Å²) in [6.45, 7) is 10.2. The highest BCUT2D eigenvalue weighted by Crippen LogP contribution is 2.20. The Kier molecular flexibility index (Phi) is 5.25. The number of benzene rings is 1. The number of hydrogen-bond acceptors (Lipinski definition) is 3. The number of hydrogen-bond donors (Lipinski definition) is 1. The van der Waals surface area contributed by atoms with Crippen LogP contribution in [0.1, 0.15) is 0 Å². The molecular formula is C15H22ClN3. The highest BCUT2D eigenvalue weighted by molar-refractivity contribution is 6.30. The Morgan fingerprint density at radius 1 is 1.32 bits per heavy atom. The zero-order valence-corrected chi connectivity index (χ0v) is 12.3. The smallest absolute Gasteiger partial charge is 0.0426 e. The zero-order valence-electron chi connectivity index (χ0n) is 11.5. The molecule has 1 N–H and O–H groups in total. The highest BCUT2D eigenvalue weighted by atomic mass is 35.5. The van der Waals surface area contributed by atoms with Crippen molar-refractivity contribution in [3.05, 3.63) is 41.4 Å². The first-order chi connectivity index (χ1) is 9.19. The van der Waals surface area contributed by atoms with Crippen LogP contribution < -0.4 is 10.2 Å². The largest absolute Gasteiger partial charge is 0.369 e. The van der Waals surface area contributed by atoms with Crippen LogP contribution in [0.2, 0.25) is 5.02 Å². The lowest BCUT2D eigenvalue weighted by Gasteiger charge is -2.36. The predicted molar refractivity (Wildman–Crippen MR) is 83.2 cm³/mol. The van der Waals surface area contributed by atoms with Crippen molar-refractivity contribution in [1.29, 1.82) is 0 Å². The van der Waals surface area contributed by atoms with Gasteiger partial charge in [-0.3, -0.25) is 4.90 Å². The molecule has 0 aliphatic carbocycles. The van der Waals surface area contributed by atoms with E-state index in [0.29, 0.717) is 0 Å². The normalized spacial score (nSPS) is 16.6. The van der Waals surface area contributed by atoms with E-state index in [4.69, 9.17) is 11.6 Å². The fraction of sp³-hybridized carbons (Fsp3) is 0.467. The molecule has 0 aromatic heterocycles. The monoisotopic (exact) mass is 279 g/mol. The summed E-state index contributed by atoms with van der Waals surface area (Å²) in [5.41, 5.74) is 2.47. The number of rotatable bonds is 5. The Morgan fingerprint density at radius 3 is 2.68 bits per heavy atom. The third-order valence-corrected chi connectivity index (χ3v) is 3.65. The Balaban J connectivity index is 1.84. The van der Waals surface area contributed by atoms with Gasteiger partial charge < -0.3 is 10.2 Å². The molecule has 0 radical (unpaired) electrons. The molecule has 1 aliphatic rings. The van der Waals surface area contributed by atoms with Crippen LogP contribution in [0.25, 0.3) is 0 Å². The van der Waals surface area contributed by atoms with E-state index in [1.807, 2.05) is 25.2 Å². The van der Waals surface area contributed by atoms with Crippen molar-refractivity contribution >= 4 is 17.3 Å². The summed E-state index contributed by atoms with van der Waals surface area (Å²) in [6, 6.07) is 8.10. The molecule has 1 aromatic carbocycles. The van der Waals surface area contributed by atoms with Crippen molar-refractivity contribution in [3.8, 4) is 0 Å². The summed E-state index contributed by atoms with van der Waals surface area (Å²) >= 11 is 6.04. The number of likely N-dealkylation sites (N-methyl/N-ethyl adjacent to an activating group) is 1. The van der Waals surface area contributed by atoms with Crippen LogP contribution in [0.3, 0.4) is 0 Å². The van der Waals surface area contributed by atoms with Gasteiger partial charge in [0.25, 0.3) is 0 Å². The molecule has 0 unspecified atom stereocenters. The molecule has 4 heteroatoms. The van der Waals surface area contributed by atoms with Crippen LogP contribution in [-0.2, 0) is 0 Å². The lowest BCUT2D eigenvalue weighted by atomic mass is 10.2. The molecule has 1 aliphatic heterocycles. The van der Waals surface area contributed by atoms with Gasteiger partial charge in [0, 0.05) is 50.0 Å². The van der Waals surface area contributed by atoms with Crippen LogP contribution in [0.15, 0.2) is 36.4 Å². The SMILES string of the molecule is C=C(CNC)CN1CCN(c2cccc(Cl)c2)CC1. The molecule has 19 heavy (non-hydrogen) atoms. The second-order valence-electron chi connectivity index (χ2n) is 5.02. The Bertz CT molecular complexity index is 425. The molecule has 2 rings (SSSR count). The van der Waals surface area contributed by atoms with E-state index in [0.717, 1.165) is 44.3 Å². The van der Waals surface area contributed by atoms with Gasteiger partial charge in [0.15, 0.2) is 0 Å². The molecule has 0 atom stereocenters. The van der Waals surface area contributed by atoms with E-state index < -0.39 is 0 Å². The van der Waals surface area contributed by atoms with E-state index in [-0.39, 0.29) is 0 Å². The minimum Gasteiger partial charge on any atom is -0.369 e. The molecule has 1 aromatic rings. The summed E-state index contributed by atoms with van der Waals surface area (Å²) in [7, 11) is 1.96. The second-order valence-corrected chi connectivity index (χ2v) is 5.46. The first-order valence-corrected chi connectivity index (χ1v) is 7.11. The molecule has 0 saturated carbocycles. The predicted octanol–water partition coefficient (Wildman–Crippen LogP) is 2.24. The highest BCUT2D eigenvalue weighted by Gasteiger charge is 2.17. The maximum absolute atomic E-state index is 6.04. The van der Waals surface area contributed by atoms with Gasteiger partial charge in [-0.1, -0.05) is 24.2 Å². The van der Waals surface area contributed by atoms with Gasteiger partial charge in [0.05, 0.1) is 0 Å². The van der Waals surface area contributed by atoms with Crippen molar-refractivity contribution in [2.75, 3.05) is 51.2 Å². The fourth-order valence-corrected chi connectivity index (χ4v) is 2.64. The van der Waals surface area contributed by atoms with Crippen molar-refractivity contribution in [2.45, 2.75) is 0 Å². The molecule has 1 saturated heterocycles. The van der Waals surface area contributed by atoms with E-state index in [2.05, 4.69) is 27.8 Å². The van der Waals surface area contributed by atoms with Gasteiger partial charge in [-0.25, -0.2) is 0 Å². The number of halogens is 1. The lowest BCUT2D eigenvalue weighted by Crippen LogP contribution is -2.47. The standard InChI is InChI=1S/C15H22ClN3/c1-13(11-17-2)12-18-6-8-19(9-7-18)15-5-3-4-14(16)10-15/h3-5,10,17H,1,6-9,11-12H2,2H3. The maximum atomic E-state index is 6.04. The van der Waals surface area contributed by atoms with Gasteiger partial charge in [0.2, 0.25) is 0 Å². The maximum Gasteiger partial charge on any atom is 0.0426 e. The molecule has 1 heterocycles. The van der Waals surface area contributed by atoms with Gasteiger partial charge in [-0.2, -0.15) is 0 Å². The first-order valence-electron chi connectivity index (χ1n) is 6.73. The third-order valence-electron chi connectivity index (χ3n) is 3.42. The summed E-state index contributed by atoms with van der Waals surface area (Å²) < 4.78 is 0. The number of piperazine rings is 1. The summed E-state index contributed by atoms with van der Waals surface area (Å²) in [5, 5.41) is 3.95. The van der Waals surface area contributed by atoms with Crippen LogP contribution in [0.5, 0.6) is 0 Å². The second kappa shape index (κ2) is 6.94. The minimum absolute atomic E-state index is 0.808. The Labute approximate surface area is 120 Å². The lowest BCUT2D eigenvalue weighted by molar-refractivity contribution is 0.277. The van der Waals surface area contributed by atoms with E-state index in [9.17, 15) is 0 Å². The van der Waals surface area contributed by atoms with Gasteiger partial charge in [0.1, 0.15) is 0 Å². The fourth-order valence-electron chi connectivity index (χ4n) is 2.46. The summed E-state index contributed by atoms with van der Waals surface area (Å²) in [5.74, 6) is 0. The molecule has 0 spiro atoms. The Hall–Kier alpha value is -1.03. The van der Waals surface area contributed by atoms with Gasteiger partial charge >= 0.3 is 0 Å². The minimum atomic E-state index is 0.808. The van der Waals surface area contributed by atoms with Crippen molar-refractivity contribution in [1.82, 2.24) is 10.2 Å². The zero-order chi connectivity index (χ0) is 13.7. The number of nitrogens with zero attached hydrogens (tertiary/aromatic N) is 2. The molecule has 104 valence electrons. The molecule has 3 nitrogen and oxygen atoms in total. The van der Waals surface area contributed by atoms with Gasteiger partial charge in [-0.15, -0.1) is 0 Å². The number of anilines is 1. The summed E-state index contributed by atoms with van der Waals surface area (Å²) in [6.07, 6.45) is 0. The van der Waals surface area contributed by atoms with Crippen LogP contribution >= 0.6 is 11.6 Å². The molecular weight excluding hydrogens is 258 g/mol. The van der Waals surface area contributed by atoms with E-state index >= 15 is 0 Å². The molecule has 0 amide bonds. The molecule has 1 fully saturated rings. The third kappa shape index (κ3) is 4.23. The summed E-state index contributed by atoms with van der Waals surface area (Å²) in [4.78, 5) is 4.85. The topological polar surface area (TPSA) is 18.5 Å². The van der Waals surface area contributed by atoms with E-state index in [1.54, 1.807) is 0 Å². The van der Waals surface area contributed by atoms with Gasteiger partial charge in [-0.05, 0) is 30.8 Å². The van der Waals surface area contributed by atoms with Crippen LogP contribution in [0, 0.1) is 0 Å². The van der Waals surface area contributed by atoms with Crippen molar-refractivity contribution < 1.29 is 0 Å². The van der Waals surface area contributed by atoms with Crippen molar-refractivity contribution in [2.24, 2.45) is 0 Å². The average Bonchev–Trinajstić information content (AvgIpc) is 2.40. The Morgan fingerprint density at radius 2 is 2.05 bits per heavy atom.